The lowest BCUT2D eigenvalue weighted by molar-refractivity contribution is -0.690. The summed E-state index contributed by atoms with van der Waals surface area (Å²) in [4.78, 5) is 16.3. The number of hydrogen-bond donors (Lipinski definition) is 0. The van der Waals surface area contributed by atoms with Crippen LogP contribution in [0.3, 0.4) is 0 Å². The van der Waals surface area contributed by atoms with Gasteiger partial charge in [0.05, 0.1) is 9.47 Å². The fraction of sp³-hybridized carbons (Fsp3) is 0.259. The van der Waals surface area contributed by atoms with Gasteiger partial charge < -0.3 is 4.90 Å². The molecule has 3 aromatic heterocycles. The number of thiazole rings is 1. The Morgan fingerprint density at radius 2 is 1.94 bits per heavy atom. The third kappa shape index (κ3) is 4.98. The highest BCUT2D eigenvalue weighted by Crippen LogP contribution is 2.47. The maximum atomic E-state index is 14.2. The molecule has 1 aliphatic rings. The first-order valence-corrected chi connectivity index (χ1v) is 15.1. The largest absolute Gasteiger partial charge is 0.337 e. The normalized spacial score (nSPS) is 14.6. The van der Waals surface area contributed by atoms with Gasteiger partial charge in [-0.1, -0.05) is 25.6 Å². The summed E-state index contributed by atoms with van der Waals surface area (Å²) in [5.74, 6) is -0.224. The van der Waals surface area contributed by atoms with Crippen LogP contribution in [0.4, 0.5) is 10.1 Å². The molecule has 36 heavy (non-hydrogen) atoms. The average Bonchev–Trinajstić information content (AvgIpc) is 3.54. The molecule has 0 saturated carbocycles. The van der Waals surface area contributed by atoms with Crippen LogP contribution >= 0.6 is 50.4 Å². The van der Waals surface area contributed by atoms with Crippen molar-refractivity contribution >= 4 is 67.2 Å². The van der Waals surface area contributed by atoms with Gasteiger partial charge >= 0.3 is 0 Å². The van der Waals surface area contributed by atoms with Crippen molar-refractivity contribution in [2.75, 3.05) is 11.9 Å². The summed E-state index contributed by atoms with van der Waals surface area (Å²) in [7, 11) is 1.94. The van der Waals surface area contributed by atoms with E-state index in [1.165, 1.54) is 34.7 Å². The Morgan fingerprint density at radius 1 is 1.17 bits per heavy atom. The molecule has 1 aliphatic heterocycles. The van der Waals surface area contributed by atoms with Crippen LogP contribution in [0.1, 0.15) is 37.6 Å². The number of nitrogens with zero attached hydrogens (tertiary/aromatic N) is 3. The molecule has 4 aromatic rings. The molecule has 0 radical (unpaired) electrons. The summed E-state index contributed by atoms with van der Waals surface area (Å²) < 4.78 is 20.9. The molecule has 0 unspecified atom stereocenters. The molecule has 0 amide bonds. The molecule has 4 nitrogen and oxygen atoms in total. The lowest BCUT2D eigenvalue weighted by Crippen LogP contribution is -2.38. The van der Waals surface area contributed by atoms with Gasteiger partial charge in [0.1, 0.15) is 20.0 Å². The molecule has 5 rings (SSSR count). The number of benzene rings is 1. The second-order valence-electron chi connectivity index (χ2n) is 7.92. The molecular formula is C27H28BrFN3OS3+. The van der Waals surface area contributed by atoms with Crippen LogP contribution in [-0.2, 0) is 13.1 Å². The van der Waals surface area contributed by atoms with Gasteiger partial charge in [0, 0.05) is 47.8 Å². The zero-order chi connectivity index (χ0) is 26.0. The van der Waals surface area contributed by atoms with E-state index in [9.17, 15) is 9.18 Å². The van der Waals surface area contributed by atoms with Gasteiger partial charge in [-0.15, -0.1) is 22.7 Å². The van der Waals surface area contributed by atoms with Gasteiger partial charge in [-0.25, -0.2) is 4.39 Å². The average molecular weight is 606 g/mol. The maximum absolute atomic E-state index is 14.2. The predicted molar refractivity (Wildman–Crippen MR) is 155 cm³/mol. The monoisotopic (exact) mass is 604 g/mol. The Labute approximate surface area is 231 Å². The Hall–Kier alpha value is -2.20. The molecule has 0 bridgehead atoms. The lowest BCUT2D eigenvalue weighted by Gasteiger charge is -2.12. The molecule has 1 aromatic carbocycles. The number of pyridine rings is 1. The van der Waals surface area contributed by atoms with E-state index in [4.69, 9.17) is 0 Å². The van der Waals surface area contributed by atoms with E-state index in [-0.39, 0.29) is 11.4 Å². The van der Waals surface area contributed by atoms with E-state index < -0.39 is 0 Å². The van der Waals surface area contributed by atoms with Crippen molar-refractivity contribution < 1.29 is 8.96 Å². The predicted octanol–water partition coefficient (Wildman–Crippen LogP) is 5.70. The van der Waals surface area contributed by atoms with Crippen molar-refractivity contribution in [1.29, 1.82) is 0 Å². The fourth-order valence-electron chi connectivity index (χ4n) is 3.99. The van der Waals surface area contributed by atoms with Gasteiger partial charge in [-0.3, -0.25) is 9.36 Å². The Bertz CT molecular complexity index is 1590. The SMILES string of the molecule is CC.CCn1c(=O)/c(=C2\Sc3c(ccc(F)c3C)N2C)s/c1=C\c1cccc[n+]1Cc1ccsc1Br. The first kappa shape index (κ1) is 26.9. The Balaban J connectivity index is 0.00000148. The quantitative estimate of drug-likeness (QED) is 0.280. The van der Waals surface area contributed by atoms with E-state index >= 15 is 0 Å². The fourth-order valence-corrected chi connectivity index (χ4v) is 7.76. The van der Waals surface area contributed by atoms with Crippen LogP contribution in [0.5, 0.6) is 0 Å². The van der Waals surface area contributed by atoms with E-state index in [1.807, 2.05) is 49.4 Å². The van der Waals surface area contributed by atoms with E-state index in [0.717, 1.165) is 36.3 Å². The smallest absolute Gasteiger partial charge is 0.271 e. The summed E-state index contributed by atoms with van der Waals surface area (Å²) in [5, 5.41) is 2.93. The molecule has 0 aliphatic carbocycles. The summed E-state index contributed by atoms with van der Waals surface area (Å²) in [6.45, 7) is 9.09. The minimum absolute atomic E-state index is 0.0120. The van der Waals surface area contributed by atoms with E-state index in [0.29, 0.717) is 16.6 Å². The minimum atomic E-state index is -0.224. The van der Waals surface area contributed by atoms with Gasteiger partial charge in [0.2, 0.25) is 5.69 Å². The van der Waals surface area contributed by atoms with Crippen molar-refractivity contribution in [2.24, 2.45) is 0 Å². The van der Waals surface area contributed by atoms with E-state index in [2.05, 4.69) is 50.3 Å². The second-order valence-corrected chi connectivity index (χ2v) is 12.2. The molecule has 4 heterocycles. The number of fused-ring (bicyclic) bond motifs is 1. The zero-order valence-electron chi connectivity index (χ0n) is 20.8. The molecular weight excluding hydrogens is 577 g/mol. The van der Waals surface area contributed by atoms with Crippen molar-refractivity contribution in [3.05, 3.63) is 93.9 Å². The van der Waals surface area contributed by atoms with Crippen LogP contribution in [0, 0.1) is 12.7 Å². The number of anilines is 1. The number of hydrogen-bond acceptors (Lipinski definition) is 5. The maximum Gasteiger partial charge on any atom is 0.271 e. The van der Waals surface area contributed by atoms with Crippen LogP contribution < -0.4 is 24.2 Å². The summed E-state index contributed by atoms with van der Waals surface area (Å²) in [6, 6.07) is 11.5. The molecule has 0 spiro atoms. The third-order valence-corrected chi connectivity index (χ3v) is 10.3. The van der Waals surface area contributed by atoms with Crippen LogP contribution in [0.2, 0.25) is 0 Å². The number of thioether (sulfide) groups is 1. The molecule has 0 N–H and O–H groups in total. The van der Waals surface area contributed by atoms with Gasteiger partial charge in [-0.2, -0.15) is 4.57 Å². The van der Waals surface area contributed by atoms with Gasteiger partial charge in [0.15, 0.2) is 12.7 Å². The highest BCUT2D eigenvalue weighted by Gasteiger charge is 2.27. The standard InChI is InChI=1S/C25H22BrFN3OS3.C2H6/c1-4-30-20(13-17-7-5-6-11-29(17)14-16-10-12-32-23(16)26)33-22(24(30)31)25-28(3)19-9-8-18(27)15(2)21(19)34-25;1-2/h5-13H,4,14H2,1-3H3;1-2H3/q+1;/b25-22+;. The molecule has 188 valence electrons. The first-order valence-electron chi connectivity index (χ1n) is 11.8. The van der Waals surface area contributed by atoms with Crippen molar-refractivity contribution in [2.45, 2.75) is 45.7 Å². The summed E-state index contributed by atoms with van der Waals surface area (Å²) in [6.07, 6.45) is 4.14. The Kier molecular flexibility index (Phi) is 8.55. The second kappa shape index (κ2) is 11.5. The van der Waals surface area contributed by atoms with Crippen molar-refractivity contribution in [3.63, 3.8) is 0 Å². The highest BCUT2D eigenvalue weighted by atomic mass is 79.9. The van der Waals surface area contributed by atoms with Crippen LogP contribution in [-0.4, -0.2) is 11.6 Å². The summed E-state index contributed by atoms with van der Waals surface area (Å²) >= 11 is 8.27. The number of aromatic nitrogens is 2. The topological polar surface area (TPSA) is 29.1 Å². The highest BCUT2D eigenvalue weighted by molar-refractivity contribution is 9.11. The van der Waals surface area contributed by atoms with Crippen LogP contribution in [0.25, 0.3) is 11.1 Å². The molecule has 0 atom stereocenters. The number of halogens is 2. The minimum Gasteiger partial charge on any atom is -0.337 e. The lowest BCUT2D eigenvalue weighted by atomic mass is 10.2. The summed E-state index contributed by atoms with van der Waals surface area (Å²) in [5.41, 5.74) is 3.78. The Morgan fingerprint density at radius 3 is 2.64 bits per heavy atom. The number of thiophene rings is 1. The zero-order valence-corrected chi connectivity index (χ0v) is 24.9. The van der Waals surface area contributed by atoms with Crippen molar-refractivity contribution in [3.8, 4) is 0 Å². The molecule has 0 saturated heterocycles. The number of rotatable bonds is 4. The van der Waals surface area contributed by atoms with E-state index in [1.54, 1.807) is 24.3 Å². The third-order valence-electron chi connectivity index (χ3n) is 5.89. The van der Waals surface area contributed by atoms with Gasteiger partial charge in [0.25, 0.3) is 5.56 Å². The molecule has 9 heteroatoms. The first-order chi connectivity index (χ1) is 17.4. The van der Waals surface area contributed by atoms with Crippen LogP contribution in [0.15, 0.2) is 61.5 Å². The van der Waals surface area contributed by atoms with Crippen molar-refractivity contribution in [1.82, 2.24) is 4.57 Å². The van der Waals surface area contributed by atoms with Gasteiger partial charge in [-0.05, 0) is 59.4 Å². The molecule has 0 fully saturated rings.